The molecule has 0 radical (unpaired) electrons. The summed E-state index contributed by atoms with van der Waals surface area (Å²) >= 11 is 1.51. The quantitative estimate of drug-likeness (QED) is 0.683. The molecule has 27 heavy (non-hydrogen) atoms. The van der Waals surface area contributed by atoms with Gasteiger partial charge in [0.25, 0.3) is 5.91 Å². The zero-order valence-electron chi connectivity index (χ0n) is 14.7. The second kappa shape index (κ2) is 7.68. The fourth-order valence-corrected chi connectivity index (χ4v) is 4.50. The number of aryl methyl sites for hydroxylation is 1. The van der Waals surface area contributed by atoms with E-state index in [1.807, 2.05) is 30.3 Å². The van der Waals surface area contributed by atoms with Gasteiger partial charge in [0.15, 0.2) is 5.76 Å². The molecule has 1 aromatic carbocycles. The van der Waals surface area contributed by atoms with E-state index in [9.17, 15) is 10.1 Å². The number of hydrogen-bond acceptors (Lipinski definition) is 5. The van der Waals surface area contributed by atoms with Crippen LogP contribution in [0.4, 0.5) is 5.00 Å². The number of nitriles is 1. The molecule has 0 fully saturated rings. The Bertz CT molecular complexity index is 998. The molecular formula is C21H18N2O3S. The van der Waals surface area contributed by atoms with Crippen molar-refractivity contribution in [3.8, 4) is 11.8 Å². The third-order valence-electron chi connectivity index (χ3n) is 4.61. The SMILES string of the molecule is N#Cc1c(NC(=O)c2ccoc2COc2ccccc2)sc2c1CCCC2. The number of furan rings is 1. The Morgan fingerprint density at radius 2 is 2.04 bits per heavy atom. The lowest BCUT2D eigenvalue weighted by Crippen LogP contribution is -2.13. The smallest absolute Gasteiger partial charge is 0.259 e. The molecule has 0 spiro atoms. The first kappa shape index (κ1) is 17.4. The molecule has 2 heterocycles. The highest BCUT2D eigenvalue weighted by atomic mass is 32.1. The van der Waals surface area contributed by atoms with Gasteiger partial charge in [-0.15, -0.1) is 11.3 Å². The van der Waals surface area contributed by atoms with E-state index < -0.39 is 0 Å². The van der Waals surface area contributed by atoms with Gasteiger partial charge in [-0.3, -0.25) is 4.79 Å². The van der Waals surface area contributed by atoms with Crippen LogP contribution in [0.3, 0.4) is 0 Å². The standard InChI is InChI=1S/C21H18N2O3S/c22-12-17-15-8-4-5-9-19(15)27-21(17)23-20(24)16-10-11-25-18(16)13-26-14-6-2-1-3-7-14/h1-3,6-7,10-11H,4-5,8-9,13H2,(H,23,24). The average Bonchev–Trinajstić information content (AvgIpc) is 3.31. The number of hydrogen-bond donors (Lipinski definition) is 1. The highest BCUT2D eigenvalue weighted by Crippen LogP contribution is 2.37. The van der Waals surface area contributed by atoms with Crippen LogP contribution in [0.15, 0.2) is 47.1 Å². The van der Waals surface area contributed by atoms with Gasteiger partial charge in [-0.25, -0.2) is 0 Å². The summed E-state index contributed by atoms with van der Waals surface area (Å²) in [5.41, 5.74) is 2.12. The third kappa shape index (κ3) is 3.60. The van der Waals surface area contributed by atoms with Crippen LogP contribution in [0.2, 0.25) is 0 Å². The van der Waals surface area contributed by atoms with Gasteiger partial charge in [-0.2, -0.15) is 5.26 Å². The molecule has 1 aliphatic rings. The van der Waals surface area contributed by atoms with E-state index in [4.69, 9.17) is 9.15 Å². The van der Waals surface area contributed by atoms with Crippen molar-refractivity contribution in [3.05, 3.63) is 70.0 Å². The molecule has 2 aromatic heterocycles. The van der Waals surface area contributed by atoms with Crippen LogP contribution in [0, 0.1) is 11.3 Å². The average molecular weight is 378 g/mol. The molecule has 0 unspecified atom stereocenters. The molecular weight excluding hydrogens is 360 g/mol. The Hall–Kier alpha value is -3.04. The van der Waals surface area contributed by atoms with Crippen LogP contribution >= 0.6 is 11.3 Å². The number of nitrogens with one attached hydrogen (secondary N) is 1. The number of carbonyl (C=O) groups excluding carboxylic acids is 1. The van der Waals surface area contributed by atoms with Crippen LogP contribution in [-0.4, -0.2) is 5.91 Å². The van der Waals surface area contributed by atoms with E-state index >= 15 is 0 Å². The number of para-hydroxylation sites is 1. The van der Waals surface area contributed by atoms with E-state index in [0.29, 0.717) is 27.6 Å². The molecule has 0 saturated carbocycles. The van der Waals surface area contributed by atoms with Crippen LogP contribution in [0.5, 0.6) is 5.75 Å². The normalized spacial score (nSPS) is 12.9. The number of rotatable bonds is 5. The van der Waals surface area contributed by atoms with Crippen molar-refractivity contribution in [2.45, 2.75) is 32.3 Å². The maximum absolute atomic E-state index is 12.8. The Morgan fingerprint density at radius 3 is 2.85 bits per heavy atom. The molecule has 3 aromatic rings. The van der Waals surface area contributed by atoms with Crippen LogP contribution < -0.4 is 10.1 Å². The van der Waals surface area contributed by atoms with Crippen molar-refractivity contribution >= 4 is 22.2 Å². The van der Waals surface area contributed by atoms with E-state index in [1.54, 1.807) is 6.07 Å². The summed E-state index contributed by atoms with van der Waals surface area (Å²) in [5, 5.41) is 13.1. The summed E-state index contributed by atoms with van der Waals surface area (Å²) in [5.74, 6) is 0.875. The van der Waals surface area contributed by atoms with E-state index in [-0.39, 0.29) is 12.5 Å². The second-order valence-electron chi connectivity index (χ2n) is 6.34. The van der Waals surface area contributed by atoms with E-state index in [1.165, 1.54) is 22.5 Å². The molecule has 1 N–H and O–H groups in total. The Balaban J connectivity index is 1.51. The topological polar surface area (TPSA) is 75.3 Å². The van der Waals surface area contributed by atoms with Crippen molar-refractivity contribution < 1.29 is 13.9 Å². The number of carbonyl (C=O) groups is 1. The third-order valence-corrected chi connectivity index (χ3v) is 5.82. The lowest BCUT2D eigenvalue weighted by atomic mass is 9.96. The first-order valence-electron chi connectivity index (χ1n) is 8.86. The minimum absolute atomic E-state index is 0.159. The van der Waals surface area contributed by atoms with Crippen LogP contribution in [0.25, 0.3) is 0 Å². The fourth-order valence-electron chi connectivity index (χ4n) is 3.26. The molecule has 136 valence electrons. The number of amides is 1. The zero-order valence-corrected chi connectivity index (χ0v) is 15.5. The number of thiophene rings is 1. The van der Waals surface area contributed by atoms with Crippen LogP contribution in [-0.2, 0) is 19.4 Å². The van der Waals surface area contributed by atoms with Crippen molar-refractivity contribution in [3.63, 3.8) is 0 Å². The largest absolute Gasteiger partial charge is 0.486 e. The molecule has 1 amide bonds. The summed E-state index contributed by atoms with van der Waals surface area (Å²) in [6.07, 6.45) is 5.59. The number of ether oxygens (including phenoxy) is 1. The molecule has 6 heteroatoms. The zero-order chi connectivity index (χ0) is 18.6. The molecule has 0 saturated heterocycles. The minimum atomic E-state index is -0.287. The lowest BCUT2D eigenvalue weighted by molar-refractivity contribution is 0.102. The maximum Gasteiger partial charge on any atom is 0.259 e. The van der Waals surface area contributed by atoms with Crippen LogP contribution in [0.1, 0.15) is 45.0 Å². The Labute approximate surface area is 161 Å². The van der Waals surface area contributed by atoms with Gasteiger partial charge in [0.1, 0.15) is 23.4 Å². The van der Waals surface area contributed by atoms with Crippen molar-refractivity contribution in [1.29, 1.82) is 5.26 Å². The van der Waals surface area contributed by atoms with E-state index in [0.717, 1.165) is 31.2 Å². The van der Waals surface area contributed by atoms with Gasteiger partial charge in [-0.1, -0.05) is 18.2 Å². The van der Waals surface area contributed by atoms with Gasteiger partial charge in [0.2, 0.25) is 0 Å². The summed E-state index contributed by atoms with van der Waals surface area (Å²) in [6, 6.07) is 13.3. The van der Waals surface area contributed by atoms with E-state index in [2.05, 4.69) is 11.4 Å². The number of anilines is 1. The second-order valence-corrected chi connectivity index (χ2v) is 7.45. The van der Waals surface area contributed by atoms with Gasteiger partial charge in [0, 0.05) is 4.88 Å². The Morgan fingerprint density at radius 1 is 1.22 bits per heavy atom. The van der Waals surface area contributed by atoms with Crippen molar-refractivity contribution in [2.24, 2.45) is 0 Å². The summed E-state index contributed by atoms with van der Waals surface area (Å²) in [7, 11) is 0. The molecule has 4 rings (SSSR count). The molecule has 1 aliphatic carbocycles. The number of nitrogens with zero attached hydrogens (tertiary/aromatic N) is 1. The lowest BCUT2D eigenvalue weighted by Gasteiger charge is -2.09. The monoisotopic (exact) mass is 378 g/mol. The summed E-state index contributed by atoms with van der Waals surface area (Å²) in [4.78, 5) is 14.0. The van der Waals surface area contributed by atoms with Gasteiger partial charge >= 0.3 is 0 Å². The minimum Gasteiger partial charge on any atom is -0.486 e. The summed E-state index contributed by atoms with van der Waals surface area (Å²) < 4.78 is 11.1. The van der Waals surface area contributed by atoms with Gasteiger partial charge in [-0.05, 0) is 49.4 Å². The number of fused-ring (bicyclic) bond motifs is 1. The fraction of sp³-hybridized carbons (Fsp3) is 0.238. The first-order valence-corrected chi connectivity index (χ1v) is 9.68. The first-order chi connectivity index (χ1) is 13.3. The predicted molar refractivity (Wildman–Crippen MR) is 103 cm³/mol. The highest BCUT2D eigenvalue weighted by Gasteiger charge is 2.23. The highest BCUT2D eigenvalue weighted by molar-refractivity contribution is 7.16. The molecule has 5 nitrogen and oxygen atoms in total. The Kier molecular flexibility index (Phi) is 4.95. The predicted octanol–water partition coefficient (Wildman–Crippen LogP) is 4.92. The van der Waals surface area contributed by atoms with Crippen molar-refractivity contribution in [1.82, 2.24) is 0 Å². The van der Waals surface area contributed by atoms with Gasteiger partial charge in [0.05, 0.1) is 17.4 Å². The molecule has 0 atom stereocenters. The van der Waals surface area contributed by atoms with Crippen molar-refractivity contribution in [2.75, 3.05) is 5.32 Å². The molecule has 0 bridgehead atoms. The maximum atomic E-state index is 12.8. The van der Waals surface area contributed by atoms with Gasteiger partial charge < -0.3 is 14.5 Å². The summed E-state index contributed by atoms with van der Waals surface area (Å²) in [6.45, 7) is 0.159. The molecule has 0 aliphatic heterocycles. The number of benzene rings is 1.